The van der Waals surface area contributed by atoms with E-state index in [0.29, 0.717) is 6.79 Å². The zero-order valence-corrected chi connectivity index (χ0v) is 16.9. The number of aromatic nitrogens is 3. The Bertz CT molecular complexity index is 1240. The molecule has 0 radical (unpaired) electrons. The van der Waals surface area contributed by atoms with E-state index >= 15 is 0 Å². The van der Waals surface area contributed by atoms with Gasteiger partial charge in [0.05, 0.1) is 0 Å². The number of H-pyrrole nitrogens is 1. The van der Waals surface area contributed by atoms with Crippen LogP contribution in [-0.2, 0) is 6.54 Å². The number of hydrogen-bond acceptors (Lipinski definition) is 6. The summed E-state index contributed by atoms with van der Waals surface area (Å²) in [5, 5.41) is 1.15. The second kappa shape index (κ2) is 6.88. The Labute approximate surface area is 174 Å². The lowest BCUT2D eigenvalue weighted by molar-refractivity contribution is 0.174. The molecule has 0 bridgehead atoms. The fraction of sp³-hybridized carbons (Fsp3) is 0.304. The van der Waals surface area contributed by atoms with Crippen LogP contribution in [-0.4, -0.2) is 52.8 Å². The predicted octanol–water partition coefficient (Wildman–Crippen LogP) is 3.47. The van der Waals surface area contributed by atoms with Crippen LogP contribution in [0.25, 0.3) is 21.9 Å². The summed E-state index contributed by atoms with van der Waals surface area (Å²) in [6.07, 6.45) is 1.68. The first-order chi connectivity index (χ1) is 14.7. The first kappa shape index (κ1) is 17.5. The lowest BCUT2D eigenvalue weighted by Crippen LogP contribution is -2.46. The molecule has 0 spiro atoms. The number of hydrogen-bond donors (Lipinski definition) is 1. The summed E-state index contributed by atoms with van der Waals surface area (Å²) in [4.78, 5) is 17.6. The van der Waals surface area contributed by atoms with Gasteiger partial charge in [-0.15, -0.1) is 0 Å². The Morgan fingerprint density at radius 3 is 2.73 bits per heavy atom. The molecule has 2 aliphatic rings. The number of piperazine rings is 1. The maximum absolute atomic E-state index is 5.51. The predicted molar refractivity (Wildman–Crippen MR) is 116 cm³/mol. The quantitative estimate of drug-likeness (QED) is 0.567. The molecule has 2 aliphatic heterocycles. The van der Waals surface area contributed by atoms with E-state index in [-0.39, 0.29) is 0 Å². The molecule has 2 aromatic carbocycles. The zero-order valence-electron chi connectivity index (χ0n) is 16.9. The molecule has 0 amide bonds. The lowest BCUT2D eigenvalue weighted by Gasteiger charge is -2.35. The molecule has 0 atom stereocenters. The van der Waals surface area contributed by atoms with Crippen LogP contribution in [0.2, 0.25) is 0 Å². The highest BCUT2D eigenvalue weighted by Gasteiger charge is 2.22. The van der Waals surface area contributed by atoms with E-state index in [2.05, 4.69) is 62.0 Å². The number of aromatic amines is 1. The highest BCUT2D eigenvalue weighted by molar-refractivity contribution is 6.08. The van der Waals surface area contributed by atoms with Crippen molar-refractivity contribution < 1.29 is 9.47 Å². The fourth-order valence-electron chi connectivity index (χ4n) is 4.45. The summed E-state index contributed by atoms with van der Waals surface area (Å²) < 4.78 is 10.9. The molecule has 4 heterocycles. The van der Waals surface area contributed by atoms with Crippen LogP contribution in [0, 0.1) is 6.92 Å². The van der Waals surface area contributed by atoms with E-state index in [1.807, 2.05) is 6.07 Å². The minimum absolute atomic E-state index is 0.318. The van der Waals surface area contributed by atoms with Crippen molar-refractivity contribution in [1.82, 2.24) is 19.9 Å². The minimum atomic E-state index is 0.318. The first-order valence-corrected chi connectivity index (χ1v) is 10.3. The Balaban J connectivity index is 1.21. The summed E-state index contributed by atoms with van der Waals surface area (Å²) in [7, 11) is 0. The number of nitrogens with zero attached hydrogens (tertiary/aromatic N) is 4. The molecule has 0 aliphatic carbocycles. The molecule has 7 nitrogen and oxygen atoms in total. The van der Waals surface area contributed by atoms with Crippen LogP contribution in [0.15, 0.2) is 42.7 Å². The van der Waals surface area contributed by atoms with Crippen molar-refractivity contribution in [3.63, 3.8) is 0 Å². The van der Waals surface area contributed by atoms with Crippen molar-refractivity contribution in [1.29, 1.82) is 0 Å². The summed E-state index contributed by atoms with van der Waals surface area (Å²) in [6, 6.07) is 12.7. The topological polar surface area (TPSA) is 66.5 Å². The molecule has 1 N–H and O–H groups in total. The van der Waals surface area contributed by atoms with E-state index < -0.39 is 0 Å². The Morgan fingerprint density at radius 2 is 1.83 bits per heavy atom. The van der Waals surface area contributed by atoms with Crippen LogP contribution in [0.4, 0.5) is 5.82 Å². The van der Waals surface area contributed by atoms with Crippen molar-refractivity contribution in [2.45, 2.75) is 13.5 Å². The van der Waals surface area contributed by atoms with Crippen molar-refractivity contribution in [3.8, 4) is 11.5 Å². The number of fused-ring (bicyclic) bond motifs is 4. The first-order valence-electron chi connectivity index (χ1n) is 10.3. The largest absolute Gasteiger partial charge is 0.454 e. The SMILES string of the molecule is Cc1ccc2c(c1)[nH]c1c(N3CCN(Cc4ccc5c(c4)OCO5)CC3)ncnc12. The maximum atomic E-state index is 5.51. The third-order valence-corrected chi connectivity index (χ3v) is 6.03. The van der Waals surface area contributed by atoms with Gasteiger partial charge in [0.15, 0.2) is 17.3 Å². The molecule has 0 saturated carbocycles. The fourth-order valence-corrected chi connectivity index (χ4v) is 4.45. The van der Waals surface area contributed by atoms with Gasteiger partial charge in [-0.2, -0.15) is 0 Å². The lowest BCUT2D eigenvalue weighted by atomic mass is 10.1. The summed E-state index contributed by atoms with van der Waals surface area (Å²) >= 11 is 0. The molecule has 152 valence electrons. The normalized spacial score (nSPS) is 16.6. The number of benzene rings is 2. The van der Waals surface area contributed by atoms with Gasteiger partial charge in [0.1, 0.15) is 17.4 Å². The number of ether oxygens (including phenoxy) is 2. The third kappa shape index (κ3) is 2.93. The van der Waals surface area contributed by atoms with Gasteiger partial charge in [-0.05, 0) is 36.2 Å². The standard InChI is InChI=1S/C23H23N5O2/c1-15-2-4-17-18(10-15)26-22-21(17)24-13-25-23(22)28-8-6-27(7-9-28)12-16-3-5-19-20(11-16)30-14-29-19/h2-5,10-11,13,26H,6-9,12,14H2,1H3. The molecule has 7 heteroatoms. The molecular weight excluding hydrogens is 378 g/mol. The summed E-state index contributed by atoms with van der Waals surface area (Å²) in [6.45, 7) is 7.18. The van der Waals surface area contributed by atoms with E-state index in [4.69, 9.17) is 9.47 Å². The van der Waals surface area contributed by atoms with Gasteiger partial charge in [0, 0.05) is 43.6 Å². The Morgan fingerprint density at radius 1 is 0.967 bits per heavy atom. The van der Waals surface area contributed by atoms with Gasteiger partial charge in [-0.3, -0.25) is 4.90 Å². The van der Waals surface area contributed by atoms with Crippen molar-refractivity contribution in [2.75, 3.05) is 37.9 Å². The van der Waals surface area contributed by atoms with Gasteiger partial charge in [-0.1, -0.05) is 18.2 Å². The average molecular weight is 401 g/mol. The molecule has 30 heavy (non-hydrogen) atoms. The van der Waals surface area contributed by atoms with Crippen LogP contribution >= 0.6 is 0 Å². The summed E-state index contributed by atoms with van der Waals surface area (Å²) in [5.41, 5.74) is 5.64. The van der Waals surface area contributed by atoms with Crippen molar-refractivity contribution in [2.24, 2.45) is 0 Å². The number of aryl methyl sites for hydroxylation is 1. The van der Waals surface area contributed by atoms with Crippen LogP contribution < -0.4 is 14.4 Å². The number of anilines is 1. The highest BCUT2D eigenvalue weighted by atomic mass is 16.7. The van der Waals surface area contributed by atoms with Crippen LogP contribution in [0.1, 0.15) is 11.1 Å². The van der Waals surface area contributed by atoms with Gasteiger partial charge in [0.2, 0.25) is 6.79 Å². The molecule has 1 fully saturated rings. The molecule has 2 aromatic heterocycles. The maximum Gasteiger partial charge on any atom is 0.231 e. The van der Waals surface area contributed by atoms with E-state index in [1.54, 1.807) is 6.33 Å². The molecule has 4 aromatic rings. The van der Waals surface area contributed by atoms with E-state index in [1.165, 1.54) is 11.1 Å². The monoisotopic (exact) mass is 401 g/mol. The van der Waals surface area contributed by atoms with Crippen LogP contribution in [0.5, 0.6) is 11.5 Å². The van der Waals surface area contributed by atoms with Gasteiger partial charge >= 0.3 is 0 Å². The Kier molecular flexibility index (Phi) is 4.02. The average Bonchev–Trinajstić information content (AvgIpc) is 3.37. The Hall–Kier alpha value is -3.32. The van der Waals surface area contributed by atoms with Crippen molar-refractivity contribution in [3.05, 3.63) is 53.9 Å². The third-order valence-electron chi connectivity index (χ3n) is 6.03. The second-order valence-electron chi connectivity index (χ2n) is 8.05. The van der Waals surface area contributed by atoms with Gasteiger partial charge < -0.3 is 19.4 Å². The number of nitrogens with one attached hydrogen (secondary N) is 1. The molecule has 0 unspecified atom stereocenters. The smallest absolute Gasteiger partial charge is 0.231 e. The van der Waals surface area contributed by atoms with E-state index in [0.717, 1.165) is 72.0 Å². The highest BCUT2D eigenvalue weighted by Crippen LogP contribution is 2.33. The van der Waals surface area contributed by atoms with Gasteiger partial charge in [0.25, 0.3) is 0 Å². The molecular formula is C23H23N5O2. The van der Waals surface area contributed by atoms with Crippen LogP contribution in [0.3, 0.4) is 0 Å². The zero-order chi connectivity index (χ0) is 20.1. The molecule has 6 rings (SSSR count). The van der Waals surface area contributed by atoms with Crippen molar-refractivity contribution >= 4 is 27.8 Å². The van der Waals surface area contributed by atoms with Gasteiger partial charge in [-0.25, -0.2) is 9.97 Å². The summed E-state index contributed by atoms with van der Waals surface area (Å²) in [5.74, 6) is 2.69. The molecule has 1 saturated heterocycles. The minimum Gasteiger partial charge on any atom is -0.454 e. The second-order valence-corrected chi connectivity index (χ2v) is 8.05. The number of rotatable bonds is 3. The van der Waals surface area contributed by atoms with E-state index in [9.17, 15) is 0 Å².